The minimum Gasteiger partial charge on any atom is -0.371 e. The number of aryl methyl sites for hydroxylation is 1. The molecule has 1 fully saturated rings. The van der Waals surface area contributed by atoms with Crippen LogP contribution in [0.1, 0.15) is 24.6 Å². The van der Waals surface area contributed by atoms with Gasteiger partial charge >= 0.3 is 0 Å². The van der Waals surface area contributed by atoms with Crippen LogP contribution < -0.4 is 4.90 Å². The van der Waals surface area contributed by atoms with E-state index in [0.717, 1.165) is 43.9 Å². The summed E-state index contributed by atoms with van der Waals surface area (Å²) >= 11 is 0. The predicted molar refractivity (Wildman–Crippen MR) is 80.8 cm³/mol. The quantitative estimate of drug-likeness (QED) is 0.637. The Hall–Kier alpha value is -2.44. The molecule has 1 aromatic heterocycles. The van der Waals surface area contributed by atoms with E-state index in [1.807, 2.05) is 12.1 Å². The second kappa shape index (κ2) is 6.13. The monoisotopic (exact) mass is 302 g/mol. The van der Waals surface area contributed by atoms with Crippen LogP contribution in [0.3, 0.4) is 0 Å². The highest BCUT2D eigenvalue weighted by Crippen LogP contribution is 2.26. The molecule has 116 valence electrons. The first-order valence-corrected chi connectivity index (χ1v) is 7.40. The fraction of sp³-hybridized carbons (Fsp3) is 0.467. The number of piperidine rings is 1. The second-order valence-electron chi connectivity index (χ2n) is 5.66. The van der Waals surface area contributed by atoms with Gasteiger partial charge < -0.3 is 9.42 Å². The van der Waals surface area contributed by atoms with Crippen LogP contribution in [-0.4, -0.2) is 28.2 Å². The minimum atomic E-state index is -0.374. The van der Waals surface area contributed by atoms with Gasteiger partial charge in [0.15, 0.2) is 5.82 Å². The average molecular weight is 302 g/mol. The molecule has 2 aromatic rings. The van der Waals surface area contributed by atoms with E-state index in [4.69, 9.17) is 4.52 Å². The fourth-order valence-corrected chi connectivity index (χ4v) is 2.93. The van der Waals surface area contributed by atoms with E-state index >= 15 is 0 Å². The number of aromatic nitrogens is 2. The van der Waals surface area contributed by atoms with Crippen LogP contribution in [0.25, 0.3) is 0 Å². The number of hydrogen-bond acceptors (Lipinski definition) is 6. The molecule has 0 radical (unpaired) electrons. The van der Waals surface area contributed by atoms with Crippen molar-refractivity contribution in [2.24, 2.45) is 5.92 Å². The first-order valence-electron chi connectivity index (χ1n) is 7.40. The smallest absolute Gasteiger partial charge is 0.269 e. The summed E-state index contributed by atoms with van der Waals surface area (Å²) in [5.41, 5.74) is 1.15. The lowest BCUT2D eigenvalue weighted by atomic mass is 9.94. The molecular weight excluding hydrogens is 284 g/mol. The van der Waals surface area contributed by atoms with Crippen LogP contribution in [0.5, 0.6) is 0 Å². The summed E-state index contributed by atoms with van der Waals surface area (Å²) in [6, 6.07) is 6.75. The van der Waals surface area contributed by atoms with Gasteiger partial charge in [0.05, 0.1) is 4.92 Å². The van der Waals surface area contributed by atoms with Gasteiger partial charge in [0.1, 0.15) is 0 Å². The summed E-state index contributed by atoms with van der Waals surface area (Å²) in [7, 11) is 0. The summed E-state index contributed by atoms with van der Waals surface area (Å²) < 4.78 is 5.01. The largest absolute Gasteiger partial charge is 0.371 e. The number of non-ortho nitro benzene ring substituents is 1. The summed E-state index contributed by atoms with van der Waals surface area (Å²) in [4.78, 5) is 16.9. The van der Waals surface area contributed by atoms with Crippen LogP contribution in [0.15, 0.2) is 28.8 Å². The highest BCUT2D eigenvalue weighted by molar-refractivity contribution is 5.51. The van der Waals surface area contributed by atoms with Gasteiger partial charge in [-0.3, -0.25) is 10.1 Å². The Bertz CT molecular complexity index is 653. The maximum Gasteiger partial charge on any atom is 0.269 e. The molecule has 1 aliphatic rings. The molecule has 0 N–H and O–H groups in total. The van der Waals surface area contributed by atoms with E-state index in [1.165, 1.54) is 0 Å². The normalized spacial score (nSPS) is 18.4. The summed E-state index contributed by atoms with van der Waals surface area (Å²) in [6.07, 6.45) is 3.04. The van der Waals surface area contributed by atoms with Crippen LogP contribution in [0.4, 0.5) is 11.4 Å². The molecule has 0 saturated carbocycles. The predicted octanol–water partition coefficient (Wildman–Crippen LogP) is 2.75. The molecule has 0 bridgehead atoms. The van der Waals surface area contributed by atoms with Crippen LogP contribution in [-0.2, 0) is 6.42 Å². The number of anilines is 1. The molecule has 1 atom stereocenters. The highest BCUT2D eigenvalue weighted by atomic mass is 16.6. The minimum absolute atomic E-state index is 0.125. The van der Waals surface area contributed by atoms with Gasteiger partial charge in [-0.25, -0.2) is 0 Å². The van der Waals surface area contributed by atoms with E-state index < -0.39 is 0 Å². The zero-order valence-electron chi connectivity index (χ0n) is 12.4. The molecule has 0 amide bonds. The Balaban J connectivity index is 1.66. The third kappa shape index (κ3) is 3.24. The zero-order chi connectivity index (χ0) is 15.5. The Labute approximate surface area is 128 Å². The number of nitro benzene ring substituents is 1. The van der Waals surface area contributed by atoms with E-state index in [9.17, 15) is 10.1 Å². The molecule has 7 nitrogen and oxygen atoms in total. The summed E-state index contributed by atoms with van der Waals surface area (Å²) in [5.74, 6) is 1.83. The molecule has 7 heteroatoms. The van der Waals surface area contributed by atoms with E-state index in [1.54, 1.807) is 19.1 Å². The first kappa shape index (κ1) is 14.5. The van der Waals surface area contributed by atoms with Gasteiger partial charge in [0.25, 0.3) is 5.69 Å². The van der Waals surface area contributed by atoms with Gasteiger partial charge in [-0.2, -0.15) is 4.98 Å². The lowest BCUT2D eigenvalue weighted by Gasteiger charge is -2.34. The SMILES string of the molecule is Cc1nc(CC2CCCN(c3ccc([N+](=O)[O-])cc3)C2)no1. The molecule has 22 heavy (non-hydrogen) atoms. The van der Waals surface area contributed by atoms with Crippen molar-refractivity contribution in [3.63, 3.8) is 0 Å². The number of hydrogen-bond donors (Lipinski definition) is 0. The molecule has 0 aliphatic carbocycles. The molecule has 1 unspecified atom stereocenters. The molecule has 3 rings (SSSR count). The van der Waals surface area contributed by atoms with Crippen molar-refractivity contribution in [1.82, 2.24) is 10.1 Å². The van der Waals surface area contributed by atoms with Gasteiger partial charge in [0, 0.05) is 44.3 Å². The summed E-state index contributed by atoms with van der Waals surface area (Å²) in [6.45, 7) is 3.67. The number of rotatable bonds is 4. The Kier molecular flexibility index (Phi) is 4.04. The molecule has 1 saturated heterocycles. The van der Waals surface area contributed by atoms with Crippen LogP contribution >= 0.6 is 0 Å². The van der Waals surface area contributed by atoms with Gasteiger partial charge in [0.2, 0.25) is 5.89 Å². The maximum atomic E-state index is 10.7. The average Bonchev–Trinajstić information content (AvgIpc) is 2.93. The van der Waals surface area contributed by atoms with Crippen LogP contribution in [0.2, 0.25) is 0 Å². The van der Waals surface area contributed by atoms with Crippen molar-refractivity contribution in [1.29, 1.82) is 0 Å². The van der Waals surface area contributed by atoms with Crippen molar-refractivity contribution in [2.45, 2.75) is 26.2 Å². The van der Waals surface area contributed by atoms with E-state index in [0.29, 0.717) is 11.8 Å². The fourth-order valence-electron chi connectivity index (χ4n) is 2.93. The Morgan fingerprint density at radius 1 is 1.41 bits per heavy atom. The molecular formula is C15H18N4O3. The number of nitro groups is 1. The number of nitrogens with zero attached hydrogens (tertiary/aromatic N) is 4. The van der Waals surface area contributed by atoms with Crippen molar-refractivity contribution < 1.29 is 9.45 Å². The van der Waals surface area contributed by atoms with Crippen molar-refractivity contribution in [2.75, 3.05) is 18.0 Å². The standard InChI is InChI=1S/C15H18N4O3/c1-11-16-15(17-22-11)9-12-3-2-8-18(10-12)13-4-6-14(7-5-13)19(20)21/h4-7,12H,2-3,8-10H2,1H3. The van der Waals surface area contributed by atoms with Gasteiger partial charge in [-0.1, -0.05) is 5.16 Å². The van der Waals surface area contributed by atoms with Crippen LogP contribution in [0, 0.1) is 23.0 Å². The third-order valence-electron chi connectivity index (χ3n) is 3.99. The van der Waals surface area contributed by atoms with E-state index in [2.05, 4.69) is 15.0 Å². The van der Waals surface area contributed by atoms with Crippen molar-refractivity contribution in [3.8, 4) is 0 Å². The topological polar surface area (TPSA) is 85.3 Å². The lowest BCUT2D eigenvalue weighted by molar-refractivity contribution is -0.384. The van der Waals surface area contributed by atoms with Crippen molar-refractivity contribution >= 4 is 11.4 Å². The molecule has 1 aliphatic heterocycles. The first-order chi connectivity index (χ1) is 10.6. The van der Waals surface area contributed by atoms with Crippen molar-refractivity contribution in [3.05, 3.63) is 46.1 Å². The highest BCUT2D eigenvalue weighted by Gasteiger charge is 2.22. The Morgan fingerprint density at radius 2 is 2.18 bits per heavy atom. The summed E-state index contributed by atoms with van der Waals surface area (Å²) in [5, 5.41) is 14.7. The molecule has 0 spiro atoms. The lowest BCUT2D eigenvalue weighted by Crippen LogP contribution is -2.36. The maximum absolute atomic E-state index is 10.7. The third-order valence-corrected chi connectivity index (χ3v) is 3.99. The van der Waals surface area contributed by atoms with E-state index in [-0.39, 0.29) is 10.6 Å². The number of benzene rings is 1. The molecule has 1 aromatic carbocycles. The van der Waals surface area contributed by atoms with Gasteiger partial charge in [-0.05, 0) is 30.9 Å². The molecule has 2 heterocycles. The Morgan fingerprint density at radius 3 is 2.82 bits per heavy atom. The second-order valence-corrected chi connectivity index (χ2v) is 5.66. The zero-order valence-corrected chi connectivity index (χ0v) is 12.4. The van der Waals surface area contributed by atoms with Gasteiger partial charge in [-0.15, -0.1) is 0 Å².